The van der Waals surface area contributed by atoms with Gasteiger partial charge < -0.3 is 19.9 Å². The van der Waals surface area contributed by atoms with Crippen molar-refractivity contribution in [2.75, 3.05) is 11.9 Å². The molecule has 41 heavy (non-hydrogen) atoms. The van der Waals surface area contributed by atoms with Crippen LogP contribution in [0.5, 0.6) is 0 Å². The van der Waals surface area contributed by atoms with Gasteiger partial charge in [-0.25, -0.2) is 14.6 Å². The van der Waals surface area contributed by atoms with Crippen molar-refractivity contribution in [1.82, 2.24) is 10.3 Å². The Hall–Kier alpha value is -5.02. The molecule has 2 atom stereocenters. The molecule has 4 aromatic rings. The molecule has 0 saturated carbocycles. The molecule has 1 heterocycles. The highest BCUT2D eigenvalue weighted by Gasteiger charge is 2.30. The summed E-state index contributed by atoms with van der Waals surface area (Å²) in [7, 11) is 0. The molecule has 1 aliphatic carbocycles. The van der Waals surface area contributed by atoms with Crippen LogP contribution in [0.15, 0.2) is 97.1 Å². The number of rotatable bonds is 10. The first-order chi connectivity index (χ1) is 19.9. The number of hydrogen-bond donors (Lipinski definition) is 3. The summed E-state index contributed by atoms with van der Waals surface area (Å²) in [5, 5.41) is 14.7. The van der Waals surface area contributed by atoms with Crippen LogP contribution in [0.25, 0.3) is 11.1 Å². The van der Waals surface area contributed by atoms with Crippen LogP contribution in [0.4, 0.5) is 10.6 Å². The van der Waals surface area contributed by atoms with E-state index in [1.807, 2.05) is 66.7 Å². The summed E-state index contributed by atoms with van der Waals surface area (Å²) in [4.78, 5) is 41.6. The highest BCUT2D eigenvalue weighted by atomic mass is 16.5. The van der Waals surface area contributed by atoms with Gasteiger partial charge in [-0.15, -0.1) is 0 Å². The number of carboxylic acid groups (broad SMARTS) is 1. The number of amides is 2. The van der Waals surface area contributed by atoms with E-state index in [0.29, 0.717) is 0 Å². The third-order valence-corrected chi connectivity index (χ3v) is 6.93. The molecular formula is C32H29N3O6. The van der Waals surface area contributed by atoms with Crippen molar-refractivity contribution in [2.24, 2.45) is 0 Å². The van der Waals surface area contributed by atoms with E-state index in [4.69, 9.17) is 9.47 Å². The zero-order chi connectivity index (χ0) is 28.8. The van der Waals surface area contributed by atoms with Gasteiger partial charge in [-0.05, 0) is 46.9 Å². The molecule has 5 rings (SSSR count). The number of anilines is 1. The lowest BCUT2D eigenvalue weighted by molar-refractivity contribution is -0.143. The van der Waals surface area contributed by atoms with Gasteiger partial charge in [0, 0.05) is 5.92 Å². The summed E-state index contributed by atoms with van der Waals surface area (Å²) < 4.78 is 11.2. The molecule has 0 saturated heterocycles. The number of carbonyl (C=O) groups is 3. The summed E-state index contributed by atoms with van der Waals surface area (Å²) in [5.74, 6) is -1.97. The molecule has 1 aliphatic rings. The third-order valence-electron chi connectivity index (χ3n) is 6.93. The van der Waals surface area contributed by atoms with Gasteiger partial charge in [0.05, 0.1) is 12.7 Å². The molecule has 9 nitrogen and oxygen atoms in total. The van der Waals surface area contributed by atoms with Crippen molar-refractivity contribution < 1.29 is 29.0 Å². The molecule has 9 heteroatoms. The zero-order valence-corrected chi connectivity index (χ0v) is 22.3. The average Bonchev–Trinajstić information content (AvgIpc) is 3.31. The highest BCUT2D eigenvalue weighted by molar-refractivity contribution is 5.96. The Balaban J connectivity index is 1.18. The number of nitrogens with one attached hydrogen (secondary N) is 2. The molecule has 0 spiro atoms. The maximum atomic E-state index is 12.9. The predicted molar refractivity (Wildman–Crippen MR) is 153 cm³/mol. The summed E-state index contributed by atoms with van der Waals surface area (Å²) in [6, 6.07) is 28.5. The van der Waals surface area contributed by atoms with Crippen molar-refractivity contribution in [3.8, 4) is 11.1 Å². The summed E-state index contributed by atoms with van der Waals surface area (Å²) in [6.45, 7) is 1.89. The van der Waals surface area contributed by atoms with Gasteiger partial charge in [0.1, 0.15) is 18.1 Å². The molecule has 2 amide bonds. The van der Waals surface area contributed by atoms with E-state index in [2.05, 4.69) is 27.8 Å². The zero-order valence-electron chi connectivity index (χ0n) is 22.3. The normalized spacial score (nSPS) is 13.4. The fraction of sp³-hybridized carbons (Fsp3) is 0.188. The van der Waals surface area contributed by atoms with Gasteiger partial charge in [0.2, 0.25) is 0 Å². The molecule has 1 aromatic heterocycles. The van der Waals surface area contributed by atoms with Gasteiger partial charge in [0.15, 0.2) is 6.04 Å². The fourth-order valence-electron chi connectivity index (χ4n) is 4.86. The number of aliphatic carboxylic acids is 1. The van der Waals surface area contributed by atoms with Crippen molar-refractivity contribution in [2.45, 2.75) is 31.6 Å². The lowest BCUT2D eigenvalue weighted by atomic mass is 9.98. The van der Waals surface area contributed by atoms with Crippen LogP contribution in [-0.4, -0.2) is 46.8 Å². The van der Waals surface area contributed by atoms with Crippen LogP contribution in [0.3, 0.4) is 0 Å². The number of aromatic nitrogens is 1. The van der Waals surface area contributed by atoms with E-state index < -0.39 is 30.1 Å². The minimum atomic E-state index is -1.31. The maximum Gasteiger partial charge on any atom is 0.412 e. The van der Waals surface area contributed by atoms with Gasteiger partial charge in [-0.3, -0.25) is 10.1 Å². The number of nitrogens with zero attached hydrogens (tertiary/aromatic N) is 1. The van der Waals surface area contributed by atoms with Gasteiger partial charge in [-0.1, -0.05) is 84.9 Å². The second-order valence-electron chi connectivity index (χ2n) is 9.65. The molecule has 0 fully saturated rings. The Labute approximate surface area is 237 Å². The van der Waals surface area contributed by atoms with Gasteiger partial charge >= 0.3 is 12.1 Å². The number of carbonyl (C=O) groups excluding carboxylic acids is 2. The van der Waals surface area contributed by atoms with E-state index in [9.17, 15) is 19.5 Å². The van der Waals surface area contributed by atoms with E-state index in [-0.39, 0.29) is 30.6 Å². The first-order valence-electron chi connectivity index (χ1n) is 13.2. The quantitative estimate of drug-likeness (QED) is 0.246. The number of carboxylic acids is 1. The second-order valence-corrected chi connectivity index (χ2v) is 9.65. The van der Waals surface area contributed by atoms with Crippen LogP contribution < -0.4 is 10.6 Å². The lowest BCUT2D eigenvalue weighted by Crippen LogP contribution is -2.48. The predicted octanol–water partition coefficient (Wildman–Crippen LogP) is 5.23. The standard InChI is InChI=1S/C32H29N3O6/c1-20(40-18-21-10-3-2-4-11-21)29(31(37)38)35-30(36)27-16-9-17-28(33-27)34-32(39)41-19-26-24-14-7-5-12-22(24)23-13-6-8-15-25(23)26/h2-17,20,26,29H,18-19H2,1H3,(H,35,36)(H,37,38)(H,33,34,39). The molecule has 0 bridgehead atoms. The first-order valence-corrected chi connectivity index (χ1v) is 13.2. The number of fused-ring (bicyclic) bond motifs is 3. The minimum Gasteiger partial charge on any atom is -0.480 e. The summed E-state index contributed by atoms with van der Waals surface area (Å²) in [5.41, 5.74) is 5.24. The average molecular weight is 552 g/mol. The topological polar surface area (TPSA) is 127 Å². The third kappa shape index (κ3) is 6.42. The Morgan fingerprint density at radius 3 is 2.15 bits per heavy atom. The Morgan fingerprint density at radius 1 is 0.854 bits per heavy atom. The van der Waals surface area contributed by atoms with Crippen molar-refractivity contribution in [3.05, 3.63) is 119 Å². The first kappa shape index (κ1) is 27.5. The molecular weight excluding hydrogens is 522 g/mol. The fourth-order valence-corrected chi connectivity index (χ4v) is 4.86. The van der Waals surface area contributed by atoms with Crippen LogP contribution >= 0.6 is 0 Å². The number of ether oxygens (including phenoxy) is 2. The lowest BCUT2D eigenvalue weighted by Gasteiger charge is -2.22. The summed E-state index contributed by atoms with van der Waals surface area (Å²) in [6.07, 6.45) is -1.54. The number of hydrogen-bond acceptors (Lipinski definition) is 6. The summed E-state index contributed by atoms with van der Waals surface area (Å²) >= 11 is 0. The Bertz CT molecular complexity index is 1510. The second kappa shape index (κ2) is 12.4. The van der Waals surface area contributed by atoms with E-state index in [1.165, 1.54) is 18.2 Å². The van der Waals surface area contributed by atoms with Crippen molar-refractivity contribution in [1.29, 1.82) is 0 Å². The monoisotopic (exact) mass is 551 g/mol. The maximum absolute atomic E-state index is 12.9. The van der Waals surface area contributed by atoms with E-state index in [1.54, 1.807) is 6.92 Å². The number of benzene rings is 3. The van der Waals surface area contributed by atoms with E-state index >= 15 is 0 Å². The molecule has 3 N–H and O–H groups in total. The van der Waals surface area contributed by atoms with Crippen LogP contribution in [0.1, 0.15) is 40.0 Å². The van der Waals surface area contributed by atoms with Gasteiger partial charge in [0.25, 0.3) is 5.91 Å². The Morgan fingerprint density at radius 2 is 1.49 bits per heavy atom. The Kier molecular flexibility index (Phi) is 8.36. The molecule has 0 radical (unpaired) electrons. The van der Waals surface area contributed by atoms with Crippen LogP contribution in [-0.2, 0) is 20.9 Å². The molecule has 3 aromatic carbocycles. The minimum absolute atomic E-state index is 0.0667. The molecule has 0 aliphatic heterocycles. The van der Waals surface area contributed by atoms with Crippen molar-refractivity contribution in [3.63, 3.8) is 0 Å². The van der Waals surface area contributed by atoms with Gasteiger partial charge in [-0.2, -0.15) is 0 Å². The largest absolute Gasteiger partial charge is 0.480 e. The van der Waals surface area contributed by atoms with Crippen LogP contribution in [0, 0.1) is 0 Å². The smallest absolute Gasteiger partial charge is 0.412 e. The number of pyridine rings is 1. The molecule has 2 unspecified atom stereocenters. The molecule has 208 valence electrons. The van der Waals surface area contributed by atoms with Crippen molar-refractivity contribution >= 4 is 23.8 Å². The highest BCUT2D eigenvalue weighted by Crippen LogP contribution is 2.44. The SMILES string of the molecule is CC(OCc1ccccc1)C(NC(=O)c1cccc(NC(=O)OCC2c3ccccc3-c3ccccc32)n1)C(=O)O. The van der Waals surface area contributed by atoms with E-state index in [0.717, 1.165) is 27.8 Å². The van der Waals surface area contributed by atoms with Crippen LogP contribution in [0.2, 0.25) is 0 Å².